The van der Waals surface area contributed by atoms with Crippen LogP contribution >= 0.6 is 0 Å². The van der Waals surface area contributed by atoms with Gasteiger partial charge in [-0.25, -0.2) is 0 Å². The van der Waals surface area contributed by atoms with Crippen LogP contribution < -0.4 is 10.1 Å². The molecule has 0 aliphatic heterocycles. The molecule has 1 saturated carbocycles. The van der Waals surface area contributed by atoms with E-state index in [1.54, 1.807) is 7.11 Å². The summed E-state index contributed by atoms with van der Waals surface area (Å²) in [6.07, 6.45) is 5.61. The minimum atomic E-state index is 0.815. The van der Waals surface area contributed by atoms with Gasteiger partial charge in [0.05, 0.1) is 13.2 Å². The molecule has 17 heavy (non-hydrogen) atoms. The van der Waals surface area contributed by atoms with Gasteiger partial charge in [-0.2, -0.15) is 0 Å². The maximum absolute atomic E-state index is 5.25. The van der Waals surface area contributed by atoms with Crippen molar-refractivity contribution < 1.29 is 10.1 Å². The second-order valence-electron chi connectivity index (χ2n) is 5.22. The number of rotatable bonds is 4. The van der Waals surface area contributed by atoms with Crippen molar-refractivity contribution in [2.75, 3.05) is 7.11 Å². The van der Waals surface area contributed by atoms with Crippen LogP contribution in [0.25, 0.3) is 0 Å². The van der Waals surface area contributed by atoms with Crippen LogP contribution in [0, 0.1) is 5.92 Å². The fourth-order valence-electron chi connectivity index (χ4n) is 2.78. The van der Waals surface area contributed by atoms with E-state index in [1.165, 1.54) is 31.2 Å². The summed E-state index contributed by atoms with van der Waals surface area (Å²) < 4.78 is 5.25. The van der Waals surface area contributed by atoms with Crippen LogP contribution in [-0.4, -0.2) is 13.2 Å². The van der Waals surface area contributed by atoms with Crippen LogP contribution in [0.1, 0.15) is 38.2 Å². The maximum Gasteiger partial charge on any atom is 0.119 e. The lowest BCUT2D eigenvalue weighted by Crippen LogP contribution is -2.90. The molecular formula is C15H24NO+. The van der Waals surface area contributed by atoms with Crippen molar-refractivity contribution in [3.63, 3.8) is 0 Å². The monoisotopic (exact) mass is 234 g/mol. The van der Waals surface area contributed by atoms with Crippen molar-refractivity contribution in [1.29, 1.82) is 0 Å². The number of hydrogen-bond acceptors (Lipinski definition) is 1. The highest BCUT2D eigenvalue weighted by Crippen LogP contribution is 2.21. The topological polar surface area (TPSA) is 25.8 Å². The Hall–Kier alpha value is -1.02. The zero-order valence-electron chi connectivity index (χ0n) is 11.0. The Morgan fingerprint density at radius 1 is 1.29 bits per heavy atom. The van der Waals surface area contributed by atoms with Crippen molar-refractivity contribution >= 4 is 0 Å². The summed E-state index contributed by atoms with van der Waals surface area (Å²) in [6.45, 7) is 3.47. The van der Waals surface area contributed by atoms with E-state index in [2.05, 4.69) is 30.4 Å². The molecule has 0 saturated heterocycles. The highest BCUT2D eigenvalue weighted by Gasteiger charge is 2.23. The summed E-state index contributed by atoms with van der Waals surface area (Å²) >= 11 is 0. The summed E-state index contributed by atoms with van der Waals surface area (Å²) in [5, 5.41) is 2.51. The summed E-state index contributed by atoms with van der Waals surface area (Å²) in [4.78, 5) is 0. The Balaban J connectivity index is 1.88. The van der Waals surface area contributed by atoms with E-state index in [4.69, 9.17) is 4.74 Å². The SMILES string of the molecule is COc1cccc(C[NH2+][C@H]2CCCC[C@H]2C)c1. The zero-order chi connectivity index (χ0) is 12.1. The molecule has 2 nitrogen and oxygen atoms in total. The molecule has 94 valence electrons. The van der Waals surface area contributed by atoms with Gasteiger partial charge in [0.15, 0.2) is 0 Å². The molecule has 0 spiro atoms. The lowest BCUT2D eigenvalue weighted by Gasteiger charge is -2.26. The maximum atomic E-state index is 5.25. The molecule has 0 unspecified atom stereocenters. The van der Waals surface area contributed by atoms with E-state index in [0.717, 1.165) is 24.3 Å². The highest BCUT2D eigenvalue weighted by atomic mass is 16.5. The fourth-order valence-corrected chi connectivity index (χ4v) is 2.78. The van der Waals surface area contributed by atoms with Gasteiger partial charge in [-0.3, -0.25) is 0 Å². The third-order valence-electron chi connectivity index (χ3n) is 3.97. The summed E-state index contributed by atoms with van der Waals surface area (Å²) in [5.74, 6) is 1.84. The standard InChI is InChI=1S/C15H23NO/c1-12-6-3-4-9-15(12)16-11-13-7-5-8-14(10-13)17-2/h5,7-8,10,12,15-16H,3-4,6,9,11H2,1-2H3/p+1/t12-,15+/m1/s1. The van der Waals surface area contributed by atoms with Crippen LogP contribution in [-0.2, 0) is 6.54 Å². The first-order chi connectivity index (χ1) is 8.29. The van der Waals surface area contributed by atoms with E-state index in [9.17, 15) is 0 Å². The Morgan fingerprint density at radius 2 is 2.12 bits per heavy atom. The molecule has 1 fully saturated rings. The largest absolute Gasteiger partial charge is 0.497 e. The van der Waals surface area contributed by atoms with Crippen molar-refractivity contribution in [3.8, 4) is 5.75 Å². The average molecular weight is 234 g/mol. The zero-order valence-corrected chi connectivity index (χ0v) is 11.0. The molecular weight excluding hydrogens is 210 g/mol. The van der Waals surface area contributed by atoms with Gasteiger partial charge < -0.3 is 10.1 Å². The molecule has 1 aromatic carbocycles. The molecule has 2 atom stereocenters. The molecule has 2 heteroatoms. The third-order valence-corrected chi connectivity index (χ3v) is 3.97. The van der Waals surface area contributed by atoms with Gasteiger partial charge in [0.1, 0.15) is 12.3 Å². The van der Waals surface area contributed by atoms with Gasteiger partial charge in [0.25, 0.3) is 0 Å². The van der Waals surface area contributed by atoms with Crippen LogP contribution in [0.3, 0.4) is 0 Å². The highest BCUT2D eigenvalue weighted by molar-refractivity contribution is 5.27. The molecule has 0 radical (unpaired) electrons. The minimum Gasteiger partial charge on any atom is -0.497 e. The first kappa shape index (κ1) is 12.4. The average Bonchev–Trinajstić information content (AvgIpc) is 2.38. The smallest absolute Gasteiger partial charge is 0.119 e. The number of nitrogens with two attached hydrogens (primary N) is 1. The minimum absolute atomic E-state index is 0.815. The normalized spacial score (nSPS) is 24.6. The lowest BCUT2D eigenvalue weighted by atomic mass is 9.86. The first-order valence-electron chi connectivity index (χ1n) is 6.76. The van der Waals surface area contributed by atoms with Crippen LogP contribution in [0.5, 0.6) is 5.75 Å². The Bertz CT molecular complexity index is 351. The second kappa shape index (κ2) is 6.06. The summed E-state index contributed by atoms with van der Waals surface area (Å²) in [7, 11) is 1.73. The van der Waals surface area contributed by atoms with Crippen LogP contribution in [0.4, 0.5) is 0 Å². The van der Waals surface area contributed by atoms with Gasteiger partial charge in [-0.05, 0) is 31.4 Å². The molecule has 1 aliphatic rings. The van der Waals surface area contributed by atoms with Gasteiger partial charge in [-0.1, -0.05) is 25.5 Å². The molecule has 1 aliphatic carbocycles. The second-order valence-corrected chi connectivity index (χ2v) is 5.22. The molecule has 1 aromatic rings. The van der Waals surface area contributed by atoms with Gasteiger partial charge in [-0.15, -0.1) is 0 Å². The van der Waals surface area contributed by atoms with Gasteiger partial charge in [0.2, 0.25) is 0 Å². The predicted molar refractivity (Wildman–Crippen MR) is 70.0 cm³/mol. The summed E-state index contributed by atoms with van der Waals surface area (Å²) in [6, 6.07) is 9.23. The molecule has 0 amide bonds. The number of benzene rings is 1. The Kier molecular flexibility index (Phi) is 4.43. The van der Waals surface area contributed by atoms with E-state index < -0.39 is 0 Å². The lowest BCUT2D eigenvalue weighted by molar-refractivity contribution is -0.712. The first-order valence-corrected chi connectivity index (χ1v) is 6.76. The van der Waals surface area contributed by atoms with Gasteiger partial charge in [0, 0.05) is 11.5 Å². The van der Waals surface area contributed by atoms with Gasteiger partial charge >= 0.3 is 0 Å². The number of ether oxygens (including phenoxy) is 1. The Labute approximate surface area is 104 Å². The number of methoxy groups -OCH3 is 1. The van der Waals surface area contributed by atoms with Crippen molar-refractivity contribution in [3.05, 3.63) is 29.8 Å². The summed E-state index contributed by atoms with van der Waals surface area (Å²) in [5.41, 5.74) is 1.36. The predicted octanol–water partition coefficient (Wildman–Crippen LogP) is 2.34. The van der Waals surface area contributed by atoms with E-state index in [-0.39, 0.29) is 0 Å². The Morgan fingerprint density at radius 3 is 2.88 bits per heavy atom. The molecule has 0 aromatic heterocycles. The number of hydrogen-bond donors (Lipinski definition) is 1. The van der Waals surface area contributed by atoms with Crippen molar-refractivity contribution in [2.45, 2.75) is 45.2 Å². The number of quaternary nitrogens is 1. The van der Waals surface area contributed by atoms with E-state index >= 15 is 0 Å². The molecule has 2 N–H and O–H groups in total. The van der Waals surface area contributed by atoms with Crippen molar-refractivity contribution in [1.82, 2.24) is 0 Å². The fraction of sp³-hybridized carbons (Fsp3) is 0.600. The molecule has 2 rings (SSSR count). The third kappa shape index (κ3) is 3.47. The van der Waals surface area contributed by atoms with E-state index in [0.29, 0.717) is 0 Å². The molecule has 0 bridgehead atoms. The van der Waals surface area contributed by atoms with Crippen molar-refractivity contribution in [2.24, 2.45) is 5.92 Å². The van der Waals surface area contributed by atoms with Crippen LogP contribution in [0.15, 0.2) is 24.3 Å². The van der Waals surface area contributed by atoms with Crippen LogP contribution in [0.2, 0.25) is 0 Å². The van der Waals surface area contributed by atoms with E-state index in [1.807, 2.05) is 6.07 Å². The quantitative estimate of drug-likeness (QED) is 0.850. The molecule has 0 heterocycles.